The van der Waals surface area contributed by atoms with Crippen molar-refractivity contribution in [3.05, 3.63) is 89.4 Å². The van der Waals surface area contributed by atoms with Gasteiger partial charge in [-0.25, -0.2) is 14.4 Å². The summed E-state index contributed by atoms with van der Waals surface area (Å²) in [6.07, 6.45) is 14.3. The quantitative estimate of drug-likeness (QED) is 0.0602. The summed E-state index contributed by atoms with van der Waals surface area (Å²) in [6, 6.07) is 8.47. The minimum Gasteiger partial charge on any atom is -0.384 e. The summed E-state index contributed by atoms with van der Waals surface area (Å²) in [5.41, 5.74) is 4.67. The van der Waals surface area contributed by atoms with Crippen LogP contribution in [0.5, 0.6) is 0 Å². The van der Waals surface area contributed by atoms with Gasteiger partial charge in [0.25, 0.3) is 17.7 Å². The van der Waals surface area contributed by atoms with E-state index in [2.05, 4.69) is 41.3 Å². The van der Waals surface area contributed by atoms with E-state index in [1.165, 1.54) is 6.07 Å². The molecule has 6 amide bonds. The third-order valence-electron chi connectivity index (χ3n) is 12.5. The Morgan fingerprint density at radius 1 is 0.877 bits per heavy atom. The summed E-state index contributed by atoms with van der Waals surface area (Å²) in [5, 5.41) is 18.5. The molecule has 3 aromatic heterocycles. The minimum atomic E-state index is -1.01. The average molecular weight is 887 g/mol. The number of imide groups is 2. The molecule has 65 heavy (non-hydrogen) atoms. The van der Waals surface area contributed by atoms with Gasteiger partial charge in [0, 0.05) is 93.8 Å². The van der Waals surface area contributed by atoms with Crippen LogP contribution in [0.3, 0.4) is 0 Å². The number of fused-ring (bicyclic) bond motifs is 2. The number of anilines is 3. The maximum Gasteiger partial charge on any atom is 0.264 e. The normalized spacial score (nSPS) is 17.7. The van der Waals surface area contributed by atoms with E-state index in [9.17, 15) is 28.8 Å². The molecule has 9 rings (SSSR count). The maximum absolute atomic E-state index is 15.6. The van der Waals surface area contributed by atoms with E-state index >= 15 is 4.39 Å². The van der Waals surface area contributed by atoms with Gasteiger partial charge in [-0.05, 0) is 62.4 Å². The Labute approximate surface area is 373 Å². The highest BCUT2D eigenvalue weighted by Crippen LogP contribution is 2.41. The van der Waals surface area contributed by atoms with Crippen LogP contribution in [0.4, 0.5) is 21.6 Å². The van der Waals surface area contributed by atoms with Gasteiger partial charge >= 0.3 is 0 Å². The third-order valence-corrected chi connectivity index (χ3v) is 12.5. The van der Waals surface area contributed by atoms with Crippen molar-refractivity contribution in [2.24, 2.45) is 0 Å². The van der Waals surface area contributed by atoms with E-state index < -0.39 is 35.5 Å². The SMILES string of the molecule is O=C(CCCCCCCNc1cccc2c1C(=O)N(C1CCC(=O)NC1=O)C2=O)NCCN1CCN(C(=O)c2ccc(Nc3nc(C4CC4)cn4c(-c5cn[nH]c5)cnc34)c(F)c2)CC1. The first-order chi connectivity index (χ1) is 31.6. The highest BCUT2D eigenvalue weighted by atomic mass is 19.1. The molecule has 5 aromatic rings. The second-order valence-corrected chi connectivity index (χ2v) is 17.0. The molecule has 5 N–H and O–H groups in total. The molecule has 0 radical (unpaired) electrons. The summed E-state index contributed by atoms with van der Waals surface area (Å²) in [5.74, 6) is -2.13. The van der Waals surface area contributed by atoms with Crippen molar-refractivity contribution in [2.75, 3.05) is 56.4 Å². The topological polar surface area (TPSA) is 219 Å². The molecular formula is C46H51FN12O6. The first-order valence-corrected chi connectivity index (χ1v) is 22.4. The van der Waals surface area contributed by atoms with Crippen LogP contribution in [0.2, 0.25) is 0 Å². The number of aromatic amines is 1. The van der Waals surface area contributed by atoms with E-state index in [-0.39, 0.29) is 47.0 Å². The third kappa shape index (κ3) is 9.45. The van der Waals surface area contributed by atoms with Crippen LogP contribution < -0.4 is 21.3 Å². The van der Waals surface area contributed by atoms with Gasteiger partial charge in [-0.2, -0.15) is 5.10 Å². The number of carbonyl (C=O) groups is 6. The van der Waals surface area contributed by atoms with Crippen LogP contribution in [0.15, 0.2) is 61.2 Å². The molecule has 1 saturated carbocycles. The number of unbranched alkanes of at least 4 members (excludes halogenated alkanes) is 4. The molecule has 2 aromatic carbocycles. The number of piperazine rings is 1. The first kappa shape index (κ1) is 43.2. The number of piperidine rings is 1. The standard InChI is InChI=1S/C46H51FN12O6/c47-32-23-29(12-13-33(32)53-41-42-50-26-37(30-24-51-52-25-30)58(42)27-35(54-41)28-10-11-28)44(63)57-21-19-56(20-22-57)18-17-49-38(60)9-4-2-1-3-5-16-48-34-8-6-7-31-40(34)46(65)59(45(31)64)36-14-15-39(61)55-43(36)62/h6-8,12-13,23-28,36,48H,1-5,9-11,14-22H2,(H,49,60)(H,51,52)(H,53,54)(H,55,61,62). The number of nitrogens with one attached hydrogen (secondary N) is 5. The van der Waals surface area contributed by atoms with Crippen molar-refractivity contribution in [1.29, 1.82) is 0 Å². The molecule has 338 valence electrons. The molecule has 3 aliphatic heterocycles. The Hall–Kier alpha value is -7.02. The lowest BCUT2D eigenvalue weighted by Gasteiger charge is -2.34. The fourth-order valence-electron chi connectivity index (χ4n) is 8.77. The summed E-state index contributed by atoms with van der Waals surface area (Å²) in [6.45, 7) is 4.03. The lowest BCUT2D eigenvalue weighted by molar-refractivity contribution is -0.136. The fraction of sp³-hybridized carbons (Fsp3) is 0.413. The number of aromatic nitrogens is 5. The number of halogens is 1. The minimum absolute atomic E-state index is 0.00329. The van der Waals surface area contributed by atoms with Gasteiger partial charge in [-0.15, -0.1) is 0 Å². The predicted molar refractivity (Wildman–Crippen MR) is 237 cm³/mol. The summed E-state index contributed by atoms with van der Waals surface area (Å²) < 4.78 is 17.5. The van der Waals surface area contributed by atoms with Gasteiger partial charge in [0.1, 0.15) is 11.9 Å². The Bertz CT molecular complexity index is 2640. The highest BCUT2D eigenvalue weighted by Gasteiger charge is 2.45. The van der Waals surface area contributed by atoms with Crippen LogP contribution in [0.1, 0.15) is 107 Å². The first-order valence-electron chi connectivity index (χ1n) is 22.4. The monoisotopic (exact) mass is 886 g/mol. The van der Waals surface area contributed by atoms with Crippen molar-refractivity contribution in [2.45, 2.75) is 76.2 Å². The second kappa shape index (κ2) is 19.0. The van der Waals surface area contributed by atoms with E-state index in [1.807, 2.05) is 10.6 Å². The van der Waals surface area contributed by atoms with Gasteiger partial charge in [-0.3, -0.25) is 53.4 Å². The lowest BCUT2D eigenvalue weighted by atomic mass is 10.0. The average Bonchev–Trinajstić information content (AvgIpc) is 3.73. The molecule has 6 heterocycles. The Balaban J connectivity index is 0.653. The molecule has 2 saturated heterocycles. The van der Waals surface area contributed by atoms with Crippen LogP contribution >= 0.6 is 0 Å². The van der Waals surface area contributed by atoms with Crippen molar-refractivity contribution in [3.8, 4) is 11.3 Å². The molecule has 18 nitrogen and oxygen atoms in total. The molecule has 3 fully saturated rings. The molecule has 4 aliphatic rings. The molecule has 1 unspecified atom stereocenters. The van der Waals surface area contributed by atoms with Gasteiger partial charge in [-0.1, -0.05) is 25.3 Å². The largest absolute Gasteiger partial charge is 0.384 e. The van der Waals surface area contributed by atoms with Crippen LogP contribution in [-0.4, -0.2) is 127 Å². The zero-order valence-corrected chi connectivity index (χ0v) is 35.9. The Kier molecular flexibility index (Phi) is 12.6. The van der Waals surface area contributed by atoms with Crippen molar-refractivity contribution in [1.82, 2.24) is 49.9 Å². The summed E-state index contributed by atoms with van der Waals surface area (Å²) in [7, 11) is 0. The van der Waals surface area contributed by atoms with Crippen molar-refractivity contribution >= 4 is 58.3 Å². The summed E-state index contributed by atoms with van der Waals surface area (Å²) >= 11 is 0. The van der Waals surface area contributed by atoms with Gasteiger partial charge in [0.2, 0.25) is 17.7 Å². The van der Waals surface area contributed by atoms with Crippen LogP contribution in [-0.2, 0) is 14.4 Å². The number of carbonyl (C=O) groups excluding carboxylic acids is 6. The molecule has 1 aliphatic carbocycles. The lowest BCUT2D eigenvalue weighted by Crippen LogP contribution is -2.54. The van der Waals surface area contributed by atoms with Crippen LogP contribution in [0, 0.1) is 5.82 Å². The predicted octanol–water partition coefficient (Wildman–Crippen LogP) is 4.61. The van der Waals surface area contributed by atoms with E-state index in [1.54, 1.807) is 53.8 Å². The van der Waals surface area contributed by atoms with E-state index in [0.717, 1.165) is 66.8 Å². The van der Waals surface area contributed by atoms with Gasteiger partial charge in [0.05, 0.1) is 40.6 Å². The molecule has 0 bridgehead atoms. The van der Waals surface area contributed by atoms with Crippen molar-refractivity contribution in [3.63, 3.8) is 0 Å². The van der Waals surface area contributed by atoms with Gasteiger partial charge in [0.15, 0.2) is 11.5 Å². The second-order valence-electron chi connectivity index (χ2n) is 17.0. The maximum atomic E-state index is 15.6. The number of rotatable bonds is 18. The Morgan fingerprint density at radius 2 is 1.69 bits per heavy atom. The molecule has 0 spiro atoms. The van der Waals surface area contributed by atoms with E-state index in [4.69, 9.17) is 4.98 Å². The van der Waals surface area contributed by atoms with Crippen molar-refractivity contribution < 1.29 is 33.2 Å². The zero-order chi connectivity index (χ0) is 45.0. The zero-order valence-electron chi connectivity index (χ0n) is 35.9. The number of H-pyrrole nitrogens is 1. The number of benzene rings is 2. The van der Waals surface area contributed by atoms with E-state index in [0.29, 0.717) is 75.3 Å². The Morgan fingerprint density at radius 3 is 2.46 bits per heavy atom. The number of hydrogen-bond acceptors (Lipinski definition) is 12. The number of amides is 6. The highest BCUT2D eigenvalue weighted by molar-refractivity contribution is 6.25. The number of nitrogens with zero attached hydrogens (tertiary/aromatic N) is 7. The number of hydrogen-bond donors (Lipinski definition) is 5. The number of imidazole rings is 1. The molecule has 19 heteroatoms. The smallest absolute Gasteiger partial charge is 0.264 e. The molecule has 1 atom stereocenters. The molecular weight excluding hydrogens is 836 g/mol. The van der Waals surface area contributed by atoms with Gasteiger partial charge < -0.3 is 20.9 Å². The summed E-state index contributed by atoms with van der Waals surface area (Å²) in [4.78, 5) is 90.6. The van der Waals surface area contributed by atoms with Crippen LogP contribution in [0.25, 0.3) is 16.9 Å². The fourth-order valence-corrected chi connectivity index (χ4v) is 8.77.